The highest BCUT2D eigenvalue weighted by molar-refractivity contribution is 6.00. The first-order valence-electron chi connectivity index (χ1n) is 6.95. The van der Waals surface area contributed by atoms with Gasteiger partial charge in [0, 0.05) is 37.9 Å². The normalized spacial score (nSPS) is 10.9. The molecule has 0 radical (unpaired) electrons. The van der Waals surface area contributed by atoms with Crippen molar-refractivity contribution in [3.8, 4) is 0 Å². The summed E-state index contributed by atoms with van der Waals surface area (Å²) in [5, 5.41) is 0. The lowest BCUT2D eigenvalue weighted by atomic mass is 9.94. The fourth-order valence-corrected chi connectivity index (χ4v) is 2.49. The second-order valence-corrected chi connectivity index (χ2v) is 4.97. The average Bonchev–Trinajstić information content (AvgIpc) is 3.01. The van der Waals surface area contributed by atoms with E-state index >= 15 is 0 Å². The summed E-state index contributed by atoms with van der Waals surface area (Å²) in [5.41, 5.74) is 1.73. The summed E-state index contributed by atoms with van der Waals surface area (Å²) in [4.78, 5) is 24.2. The van der Waals surface area contributed by atoms with E-state index in [9.17, 15) is 9.59 Å². The number of Topliss-reactive ketones (excluding diaryl/α,β-unsaturated/α-hetero) is 1. The third kappa shape index (κ3) is 3.24. The molecule has 0 aliphatic carbocycles. The number of ketones is 1. The first-order valence-corrected chi connectivity index (χ1v) is 6.95. The van der Waals surface area contributed by atoms with Crippen LogP contribution in [-0.2, 0) is 28.4 Å². The highest BCUT2D eigenvalue weighted by Gasteiger charge is 2.28. The second-order valence-electron chi connectivity index (χ2n) is 4.97. The lowest BCUT2D eigenvalue weighted by molar-refractivity contribution is -0.145. The van der Waals surface area contributed by atoms with Crippen LogP contribution in [0.1, 0.15) is 30.7 Å². The fraction of sp³-hybridized carbons (Fsp3) is 0.375. The van der Waals surface area contributed by atoms with Crippen molar-refractivity contribution >= 4 is 11.8 Å². The molecule has 5 nitrogen and oxygen atoms in total. The first kappa shape index (κ1) is 15.1. The van der Waals surface area contributed by atoms with Crippen LogP contribution in [0, 0.1) is 0 Å². The van der Waals surface area contributed by atoms with E-state index in [0.717, 1.165) is 11.4 Å². The molecule has 5 heteroatoms. The van der Waals surface area contributed by atoms with Crippen molar-refractivity contribution in [2.75, 3.05) is 6.61 Å². The molecule has 0 aliphatic heterocycles. The molecule has 0 atom stereocenters. The van der Waals surface area contributed by atoms with Gasteiger partial charge in [0.1, 0.15) is 6.42 Å². The Morgan fingerprint density at radius 3 is 2.00 bits per heavy atom. The number of carbonyl (C=O) groups is 2. The molecule has 2 aromatic heterocycles. The monoisotopic (exact) mass is 288 g/mol. The van der Waals surface area contributed by atoms with Gasteiger partial charge in [0.2, 0.25) is 0 Å². The topological polar surface area (TPSA) is 53.2 Å². The molecule has 112 valence electrons. The van der Waals surface area contributed by atoms with Crippen LogP contribution in [0.25, 0.3) is 0 Å². The van der Waals surface area contributed by atoms with Gasteiger partial charge in [-0.15, -0.1) is 0 Å². The van der Waals surface area contributed by atoms with Gasteiger partial charge in [0.25, 0.3) is 0 Å². The number of hydrogen-bond donors (Lipinski definition) is 0. The highest BCUT2D eigenvalue weighted by atomic mass is 16.5. The van der Waals surface area contributed by atoms with E-state index in [2.05, 4.69) is 0 Å². The zero-order chi connectivity index (χ0) is 15.4. The van der Waals surface area contributed by atoms with Crippen LogP contribution in [0.15, 0.2) is 36.7 Å². The van der Waals surface area contributed by atoms with Crippen molar-refractivity contribution in [2.24, 2.45) is 14.1 Å². The predicted molar refractivity (Wildman–Crippen MR) is 78.9 cm³/mol. The molecule has 0 unspecified atom stereocenters. The van der Waals surface area contributed by atoms with Gasteiger partial charge in [-0.2, -0.15) is 0 Å². The van der Waals surface area contributed by atoms with E-state index in [0.29, 0.717) is 0 Å². The van der Waals surface area contributed by atoms with E-state index in [1.165, 1.54) is 0 Å². The van der Waals surface area contributed by atoms with Gasteiger partial charge < -0.3 is 13.9 Å². The predicted octanol–water partition coefficient (Wildman–Crippen LogP) is 2.02. The summed E-state index contributed by atoms with van der Waals surface area (Å²) in [6, 6.07) is 7.59. The van der Waals surface area contributed by atoms with Crippen LogP contribution in [0.2, 0.25) is 0 Å². The van der Waals surface area contributed by atoms with Gasteiger partial charge in [-0.3, -0.25) is 9.59 Å². The number of hydrogen-bond acceptors (Lipinski definition) is 3. The quantitative estimate of drug-likeness (QED) is 0.603. The van der Waals surface area contributed by atoms with Gasteiger partial charge in [-0.25, -0.2) is 0 Å². The first-order chi connectivity index (χ1) is 10.0. The Bertz CT molecular complexity index is 599. The Morgan fingerprint density at radius 1 is 1.10 bits per heavy atom. The van der Waals surface area contributed by atoms with Crippen molar-refractivity contribution in [3.63, 3.8) is 0 Å². The molecule has 0 aliphatic rings. The molecule has 0 spiro atoms. The molecule has 0 saturated heterocycles. The van der Waals surface area contributed by atoms with Crippen LogP contribution in [0.5, 0.6) is 0 Å². The highest BCUT2D eigenvalue weighted by Crippen LogP contribution is 2.27. The summed E-state index contributed by atoms with van der Waals surface area (Å²) in [5.74, 6) is -1.10. The summed E-state index contributed by atoms with van der Waals surface area (Å²) < 4.78 is 8.69. The summed E-state index contributed by atoms with van der Waals surface area (Å²) in [7, 11) is 3.78. The van der Waals surface area contributed by atoms with Crippen molar-refractivity contribution < 1.29 is 14.3 Å². The lowest BCUT2D eigenvalue weighted by Gasteiger charge is -2.18. The summed E-state index contributed by atoms with van der Waals surface area (Å²) in [6.07, 6.45) is 3.57. The maximum absolute atomic E-state index is 12.6. The Kier molecular flexibility index (Phi) is 4.62. The molecule has 2 rings (SSSR count). The number of aryl methyl sites for hydroxylation is 2. The molecule has 0 bridgehead atoms. The molecule has 21 heavy (non-hydrogen) atoms. The molecule has 2 aromatic rings. The number of ether oxygens (including phenoxy) is 1. The smallest absolute Gasteiger partial charge is 0.313 e. The average molecular weight is 288 g/mol. The minimum Gasteiger partial charge on any atom is -0.466 e. The molecule has 0 aromatic carbocycles. The molecule has 0 amide bonds. The maximum Gasteiger partial charge on any atom is 0.313 e. The van der Waals surface area contributed by atoms with E-state index in [1.807, 2.05) is 59.9 Å². The van der Waals surface area contributed by atoms with Crippen LogP contribution >= 0.6 is 0 Å². The number of nitrogens with zero attached hydrogens (tertiary/aromatic N) is 2. The van der Waals surface area contributed by atoms with E-state index in [-0.39, 0.29) is 18.8 Å². The largest absolute Gasteiger partial charge is 0.466 e. The number of esters is 1. The van der Waals surface area contributed by atoms with Gasteiger partial charge >= 0.3 is 5.97 Å². The molecule has 2 heterocycles. The van der Waals surface area contributed by atoms with Crippen molar-refractivity contribution in [1.82, 2.24) is 9.13 Å². The van der Waals surface area contributed by atoms with E-state index in [1.54, 1.807) is 6.92 Å². The van der Waals surface area contributed by atoms with Crippen LogP contribution in [0.3, 0.4) is 0 Å². The van der Waals surface area contributed by atoms with Crippen LogP contribution in [0.4, 0.5) is 0 Å². The Hall–Kier alpha value is -2.30. The third-order valence-corrected chi connectivity index (χ3v) is 3.51. The Labute approximate surface area is 124 Å². The van der Waals surface area contributed by atoms with Crippen molar-refractivity contribution in [1.29, 1.82) is 0 Å². The fourth-order valence-electron chi connectivity index (χ4n) is 2.49. The van der Waals surface area contributed by atoms with Crippen LogP contribution < -0.4 is 0 Å². The van der Waals surface area contributed by atoms with Gasteiger partial charge in [-0.1, -0.05) is 0 Å². The summed E-state index contributed by atoms with van der Waals surface area (Å²) in [6.45, 7) is 2.01. The molecule has 0 N–H and O–H groups in total. The van der Waals surface area contributed by atoms with Crippen LogP contribution in [-0.4, -0.2) is 27.5 Å². The molecular weight excluding hydrogens is 268 g/mol. The van der Waals surface area contributed by atoms with Gasteiger partial charge in [-0.05, 0) is 31.2 Å². The minimum absolute atomic E-state index is 0.156. The third-order valence-electron chi connectivity index (χ3n) is 3.51. The van der Waals surface area contributed by atoms with E-state index in [4.69, 9.17) is 4.74 Å². The van der Waals surface area contributed by atoms with Crippen molar-refractivity contribution in [2.45, 2.75) is 19.3 Å². The minimum atomic E-state index is -0.476. The standard InChI is InChI=1S/C16H20N2O3/c1-4-21-15(20)11-14(19)16(12-7-5-9-17(12)2)13-8-6-10-18(13)3/h5-10,16H,4,11H2,1-3H3. The Morgan fingerprint density at radius 2 is 1.62 bits per heavy atom. The second kappa shape index (κ2) is 6.43. The van der Waals surface area contributed by atoms with Gasteiger partial charge in [0.05, 0.1) is 12.5 Å². The Balaban J connectivity index is 2.34. The van der Waals surface area contributed by atoms with E-state index < -0.39 is 11.9 Å². The number of rotatable bonds is 6. The lowest BCUT2D eigenvalue weighted by Crippen LogP contribution is -2.22. The molecule has 0 fully saturated rings. The van der Waals surface area contributed by atoms with Gasteiger partial charge in [0.15, 0.2) is 5.78 Å². The summed E-state index contributed by atoms with van der Waals surface area (Å²) >= 11 is 0. The molecule has 0 saturated carbocycles. The number of aromatic nitrogens is 2. The van der Waals surface area contributed by atoms with Crippen molar-refractivity contribution in [3.05, 3.63) is 48.0 Å². The zero-order valence-electron chi connectivity index (χ0n) is 12.6. The number of carbonyl (C=O) groups excluding carboxylic acids is 2. The zero-order valence-corrected chi connectivity index (χ0v) is 12.6. The maximum atomic E-state index is 12.6. The molecular formula is C16H20N2O3. The SMILES string of the molecule is CCOC(=O)CC(=O)C(c1cccn1C)c1cccn1C.